The summed E-state index contributed by atoms with van der Waals surface area (Å²) in [7, 11) is 3.00. The number of hydrogen-bond donors (Lipinski definition) is 1. The van der Waals surface area contributed by atoms with Crippen LogP contribution in [-0.2, 0) is 0 Å². The summed E-state index contributed by atoms with van der Waals surface area (Å²) < 4.78 is 17.5. The Bertz CT molecular complexity index is 1180. The number of benzene rings is 3. The Morgan fingerprint density at radius 3 is 2.28 bits per heavy atom. The summed E-state index contributed by atoms with van der Waals surface area (Å²) in [5.41, 5.74) is 3.68. The topological polar surface area (TPSA) is 86.2 Å². The quantitative estimate of drug-likeness (QED) is 0.185. The van der Waals surface area contributed by atoms with Gasteiger partial charge in [0.2, 0.25) is 0 Å². The molecule has 164 valence electrons. The van der Waals surface area contributed by atoms with Crippen molar-refractivity contribution < 1.29 is 23.8 Å². The number of methoxy groups -OCH3 is 2. The lowest BCUT2D eigenvalue weighted by Crippen LogP contribution is -2.17. The molecule has 3 aromatic carbocycles. The predicted molar refractivity (Wildman–Crippen MR) is 128 cm³/mol. The highest BCUT2D eigenvalue weighted by Gasteiger charge is 2.15. The molecule has 3 rings (SSSR count). The van der Waals surface area contributed by atoms with E-state index in [0.29, 0.717) is 22.6 Å². The Kier molecular flexibility index (Phi) is 8.02. The minimum Gasteiger partial charge on any atom is -0.493 e. The number of nitrogens with zero attached hydrogens (tertiary/aromatic N) is 1. The summed E-state index contributed by atoms with van der Waals surface area (Å²) in [6.45, 7) is 0. The van der Waals surface area contributed by atoms with E-state index < -0.39 is 5.97 Å². The molecule has 9 heteroatoms. The van der Waals surface area contributed by atoms with Gasteiger partial charge in [-0.05, 0) is 54.6 Å². The summed E-state index contributed by atoms with van der Waals surface area (Å²) in [5, 5.41) is 3.99. The van der Waals surface area contributed by atoms with Gasteiger partial charge in [0.25, 0.3) is 5.91 Å². The molecule has 0 bridgehead atoms. The van der Waals surface area contributed by atoms with Crippen molar-refractivity contribution in [2.75, 3.05) is 14.2 Å². The molecular weight excluding hydrogens is 544 g/mol. The van der Waals surface area contributed by atoms with Crippen LogP contribution in [0.5, 0.6) is 17.2 Å². The van der Waals surface area contributed by atoms with Crippen LogP contribution in [-0.4, -0.2) is 32.3 Å². The van der Waals surface area contributed by atoms with Gasteiger partial charge in [0, 0.05) is 20.1 Å². The van der Waals surface area contributed by atoms with Gasteiger partial charge >= 0.3 is 5.97 Å². The van der Waals surface area contributed by atoms with E-state index in [1.807, 2.05) is 6.07 Å². The highest BCUT2D eigenvalue weighted by Crippen LogP contribution is 2.29. The molecule has 0 aliphatic carbocycles. The molecular formula is C23H18Br2N2O5. The molecule has 0 fully saturated rings. The van der Waals surface area contributed by atoms with E-state index in [1.165, 1.54) is 26.5 Å². The van der Waals surface area contributed by atoms with Gasteiger partial charge in [-0.1, -0.05) is 37.9 Å². The first kappa shape index (κ1) is 23.5. The molecule has 0 aliphatic heterocycles. The second-order valence-electron chi connectivity index (χ2n) is 6.35. The summed E-state index contributed by atoms with van der Waals surface area (Å²) in [5.74, 6) is 0.229. The largest absolute Gasteiger partial charge is 0.493 e. The highest BCUT2D eigenvalue weighted by molar-refractivity contribution is 9.10. The standard InChI is InChI=1S/C23H18Br2N2O5/c1-30-20-8-6-15(12-21(20)31-2)23(29)32-19-9-7-18(25)11-16(19)13-26-27-22(28)14-4-3-5-17(24)10-14/h3-13H,1-2H3,(H,27,28). The first-order valence-corrected chi connectivity index (χ1v) is 10.8. The molecule has 1 amide bonds. The average Bonchev–Trinajstić information content (AvgIpc) is 2.80. The number of amides is 1. The summed E-state index contributed by atoms with van der Waals surface area (Å²) in [6.07, 6.45) is 1.40. The van der Waals surface area contributed by atoms with Gasteiger partial charge in [-0.15, -0.1) is 0 Å². The van der Waals surface area contributed by atoms with Crippen LogP contribution < -0.4 is 19.6 Å². The SMILES string of the molecule is COc1ccc(C(=O)Oc2ccc(Br)cc2C=NNC(=O)c2cccc(Br)c2)cc1OC. The van der Waals surface area contributed by atoms with Crippen molar-refractivity contribution in [3.63, 3.8) is 0 Å². The molecule has 32 heavy (non-hydrogen) atoms. The normalized spacial score (nSPS) is 10.6. The van der Waals surface area contributed by atoms with Gasteiger partial charge in [0.1, 0.15) is 5.75 Å². The fourth-order valence-electron chi connectivity index (χ4n) is 2.69. The van der Waals surface area contributed by atoms with Crippen LogP contribution >= 0.6 is 31.9 Å². The summed E-state index contributed by atoms with van der Waals surface area (Å²) in [6, 6.07) is 16.7. The molecule has 7 nitrogen and oxygen atoms in total. The molecule has 0 aromatic heterocycles. The van der Waals surface area contributed by atoms with Crippen molar-refractivity contribution in [1.82, 2.24) is 5.43 Å². The molecule has 0 spiro atoms. The fourth-order valence-corrected chi connectivity index (χ4v) is 3.47. The third-order valence-corrected chi connectivity index (χ3v) is 5.24. The van der Waals surface area contributed by atoms with Crippen LogP contribution in [0.3, 0.4) is 0 Å². The molecule has 0 unspecified atom stereocenters. The maximum atomic E-state index is 12.7. The summed E-state index contributed by atoms with van der Waals surface area (Å²) in [4.78, 5) is 24.9. The Morgan fingerprint density at radius 1 is 0.844 bits per heavy atom. The van der Waals surface area contributed by atoms with Crippen molar-refractivity contribution >= 4 is 50.0 Å². The number of hydrazone groups is 1. The molecule has 3 aromatic rings. The van der Waals surface area contributed by atoms with E-state index >= 15 is 0 Å². The number of carbonyl (C=O) groups excluding carboxylic acids is 2. The first-order valence-electron chi connectivity index (χ1n) is 9.24. The molecule has 0 radical (unpaired) electrons. The van der Waals surface area contributed by atoms with E-state index in [-0.39, 0.29) is 17.2 Å². The third-order valence-electron chi connectivity index (χ3n) is 4.25. The number of rotatable bonds is 7. The van der Waals surface area contributed by atoms with Crippen molar-refractivity contribution in [2.24, 2.45) is 5.10 Å². The zero-order valence-electron chi connectivity index (χ0n) is 17.1. The van der Waals surface area contributed by atoms with Gasteiger partial charge in [0.15, 0.2) is 11.5 Å². The van der Waals surface area contributed by atoms with Crippen LogP contribution in [0.25, 0.3) is 0 Å². The van der Waals surface area contributed by atoms with E-state index in [1.54, 1.807) is 48.5 Å². The monoisotopic (exact) mass is 560 g/mol. The van der Waals surface area contributed by atoms with E-state index in [0.717, 1.165) is 8.95 Å². The lowest BCUT2D eigenvalue weighted by molar-refractivity contribution is 0.0733. The van der Waals surface area contributed by atoms with Gasteiger partial charge in [-0.2, -0.15) is 5.10 Å². The number of esters is 1. The van der Waals surface area contributed by atoms with Crippen LogP contribution in [0.2, 0.25) is 0 Å². The highest BCUT2D eigenvalue weighted by atomic mass is 79.9. The van der Waals surface area contributed by atoms with E-state index in [2.05, 4.69) is 42.4 Å². The Labute approximate surface area is 201 Å². The van der Waals surface area contributed by atoms with Crippen molar-refractivity contribution in [3.05, 3.63) is 86.3 Å². The van der Waals surface area contributed by atoms with Gasteiger partial charge in [0.05, 0.1) is 26.0 Å². The smallest absolute Gasteiger partial charge is 0.343 e. The summed E-state index contributed by atoms with van der Waals surface area (Å²) >= 11 is 6.71. The molecule has 0 saturated heterocycles. The average molecular weight is 562 g/mol. The zero-order chi connectivity index (χ0) is 23.1. The third kappa shape index (κ3) is 5.95. The molecule has 0 heterocycles. The predicted octanol–water partition coefficient (Wildman–Crippen LogP) is 5.21. The minimum absolute atomic E-state index is 0.272. The van der Waals surface area contributed by atoms with Crippen LogP contribution in [0.4, 0.5) is 0 Å². The maximum absolute atomic E-state index is 12.7. The van der Waals surface area contributed by atoms with Crippen molar-refractivity contribution in [2.45, 2.75) is 0 Å². The van der Waals surface area contributed by atoms with Crippen LogP contribution in [0.1, 0.15) is 26.3 Å². The van der Waals surface area contributed by atoms with E-state index in [4.69, 9.17) is 14.2 Å². The zero-order valence-corrected chi connectivity index (χ0v) is 20.3. The van der Waals surface area contributed by atoms with Gasteiger partial charge in [-0.3, -0.25) is 4.79 Å². The van der Waals surface area contributed by atoms with Crippen LogP contribution in [0, 0.1) is 0 Å². The minimum atomic E-state index is -0.582. The van der Waals surface area contributed by atoms with Gasteiger partial charge < -0.3 is 14.2 Å². The number of halogens is 2. The second-order valence-corrected chi connectivity index (χ2v) is 8.18. The first-order chi connectivity index (χ1) is 15.4. The number of nitrogens with one attached hydrogen (secondary N) is 1. The molecule has 0 atom stereocenters. The number of carbonyl (C=O) groups is 2. The van der Waals surface area contributed by atoms with Crippen LogP contribution in [0.15, 0.2) is 74.7 Å². The number of ether oxygens (including phenoxy) is 3. The molecule has 1 N–H and O–H groups in total. The lowest BCUT2D eigenvalue weighted by atomic mass is 10.2. The maximum Gasteiger partial charge on any atom is 0.343 e. The van der Waals surface area contributed by atoms with Crippen molar-refractivity contribution in [3.8, 4) is 17.2 Å². The Hall–Kier alpha value is -3.17. The van der Waals surface area contributed by atoms with E-state index in [9.17, 15) is 9.59 Å². The Balaban J connectivity index is 1.77. The molecule has 0 saturated carbocycles. The van der Waals surface area contributed by atoms with Crippen molar-refractivity contribution in [1.29, 1.82) is 0 Å². The fraction of sp³-hybridized carbons (Fsp3) is 0.0870. The second kappa shape index (κ2) is 10.9. The van der Waals surface area contributed by atoms with Gasteiger partial charge in [-0.25, -0.2) is 10.2 Å². The molecule has 0 aliphatic rings. The lowest BCUT2D eigenvalue weighted by Gasteiger charge is -2.11. The number of hydrogen-bond acceptors (Lipinski definition) is 6. The Morgan fingerprint density at radius 2 is 1.56 bits per heavy atom.